The molecular formula is C29H23N7O2S. The Kier molecular flexibility index (Phi) is 5.55. The smallest absolute Gasteiger partial charge is 0.227 e. The number of rotatable bonds is 6. The van der Waals surface area contributed by atoms with Crippen molar-refractivity contribution in [2.75, 3.05) is 5.32 Å². The molecule has 9 nitrogen and oxygen atoms in total. The average Bonchev–Trinajstić information content (AvgIpc) is 3.65. The summed E-state index contributed by atoms with van der Waals surface area (Å²) in [6.07, 6.45) is 8.11. The molecule has 0 unspecified atom stereocenters. The number of fused-ring (bicyclic) bond motifs is 2. The van der Waals surface area contributed by atoms with Crippen molar-refractivity contribution < 1.29 is 9.59 Å². The summed E-state index contributed by atoms with van der Waals surface area (Å²) in [4.78, 5) is 43.2. The summed E-state index contributed by atoms with van der Waals surface area (Å²) in [6, 6.07) is 13.6. The molecule has 1 aromatic carbocycles. The summed E-state index contributed by atoms with van der Waals surface area (Å²) in [5.41, 5.74) is 6.27. The van der Waals surface area contributed by atoms with Crippen molar-refractivity contribution in [2.45, 2.75) is 26.2 Å². The Morgan fingerprint density at radius 1 is 1.05 bits per heavy atom. The van der Waals surface area contributed by atoms with Crippen LogP contribution >= 0.6 is 11.3 Å². The average molecular weight is 534 g/mol. The lowest BCUT2D eigenvalue weighted by Crippen LogP contribution is -2.28. The lowest BCUT2D eigenvalue weighted by Gasteiger charge is -2.24. The molecule has 0 radical (unpaired) electrons. The second kappa shape index (κ2) is 9.25. The highest BCUT2D eigenvalue weighted by atomic mass is 32.1. The van der Waals surface area contributed by atoms with Crippen molar-refractivity contribution in [3.8, 4) is 33.2 Å². The molecule has 0 saturated heterocycles. The molecular weight excluding hydrogens is 510 g/mol. The van der Waals surface area contributed by atoms with Crippen LogP contribution in [0.3, 0.4) is 0 Å². The van der Waals surface area contributed by atoms with Gasteiger partial charge in [0.1, 0.15) is 5.69 Å². The third-order valence-corrected chi connectivity index (χ3v) is 8.40. The van der Waals surface area contributed by atoms with Crippen LogP contribution in [0.1, 0.15) is 35.9 Å². The summed E-state index contributed by atoms with van der Waals surface area (Å²) in [5.74, 6) is 0.820. The SMILES string of the molecule is CC(=O)c1ccc(-c2cccc3[nH]c(-c4n[nH]c5cnc(-c6cncc(NC(=O)C7CCC7)c6)cc45)nc23)s1. The minimum atomic E-state index is 0.0463. The van der Waals surface area contributed by atoms with E-state index in [2.05, 4.69) is 30.5 Å². The van der Waals surface area contributed by atoms with Gasteiger partial charge in [0, 0.05) is 33.5 Å². The van der Waals surface area contributed by atoms with E-state index in [-0.39, 0.29) is 17.6 Å². The number of thiophene rings is 1. The van der Waals surface area contributed by atoms with Crippen LogP contribution in [-0.2, 0) is 4.79 Å². The molecule has 1 fully saturated rings. The molecule has 0 bridgehead atoms. The quantitative estimate of drug-likeness (QED) is 0.218. The molecule has 39 heavy (non-hydrogen) atoms. The number of anilines is 1. The van der Waals surface area contributed by atoms with Crippen LogP contribution in [0.2, 0.25) is 0 Å². The number of aromatic amines is 2. The van der Waals surface area contributed by atoms with E-state index in [9.17, 15) is 9.59 Å². The topological polar surface area (TPSA) is 129 Å². The molecule has 1 aliphatic carbocycles. The van der Waals surface area contributed by atoms with E-state index in [0.29, 0.717) is 22.9 Å². The maximum Gasteiger partial charge on any atom is 0.227 e. The number of nitrogens with zero attached hydrogens (tertiary/aromatic N) is 4. The first kappa shape index (κ1) is 23.4. The summed E-state index contributed by atoms with van der Waals surface area (Å²) in [5, 5.41) is 11.4. The number of aromatic nitrogens is 6. The summed E-state index contributed by atoms with van der Waals surface area (Å²) >= 11 is 1.46. The van der Waals surface area contributed by atoms with Gasteiger partial charge in [-0.1, -0.05) is 18.6 Å². The van der Waals surface area contributed by atoms with E-state index in [0.717, 1.165) is 62.1 Å². The van der Waals surface area contributed by atoms with E-state index in [1.54, 1.807) is 25.5 Å². The van der Waals surface area contributed by atoms with Crippen LogP contribution < -0.4 is 5.32 Å². The Labute approximate surface area is 226 Å². The number of hydrogen-bond acceptors (Lipinski definition) is 7. The predicted molar refractivity (Wildman–Crippen MR) is 151 cm³/mol. The van der Waals surface area contributed by atoms with Gasteiger partial charge in [-0.15, -0.1) is 11.3 Å². The van der Waals surface area contributed by atoms with Crippen molar-refractivity contribution in [3.05, 3.63) is 65.9 Å². The number of carbonyl (C=O) groups is 2. The van der Waals surface area contributed by atoms with Crippen molar-refractivity contribution in [1.82, 2.24) is 30.1 Å². The molecule has 0 spiro atoms. The van der Waals surface area contributed by atoms with E-state index < -0.39 is 0 Å². The molecule has 3 N–H and O–H groups in total. The fraction of sp³-hybridized carbons (Fsp3) is 0.172. The second-order valence-corrected chi connectivity index (χ2v) is 10.9. The number of ketones is 1. The molecule has 5 heterocycles. The normalized spacial score (nSPS) is 13.6. The molecule has 1 amide bonds. The van der Waals surface area contributed by atoms with Crippen LogP contribution in [0.5, 0.6) is 0 Å². The van der Waals surface area contributed by atoms with Gasteiger partial charge in [0.15, 0.2) is 11.6 Å². The third-order valence-electron chi connectivity index (χ3n) is 7.18. The highest BCUT2D eigenvalue weighted by Gasteiger charge is 2.25. The Hall–Kier alpha value is -4.70. The second-order valence-electron chi connectivity index (χ2n) is 9.77. The zero-order chi connectivity index (χ0) is 26.5. The van der Waals surface area contributed by atoms with E-state index >= 15 is 0 Å². The monoisotopic (exact) mass is 533 g/mol. The molecule has 0 atom stereocenters. The first-order valence-electron chi connectivity index (χ1n) is 12.7. The zero-order valence-corrected chi connectivity index (χ0v) is 21.8. The zero-order valence-electron chi connectivity index (χ0n) is 21.0. The number of amides is 1. The highest BCUT2D eigenvalue weighted by Crippen LogP contribution is 2.35. The fourth-order valence-corrected chi connectivity index (χ4v) is 5.76. The first-order chi connectivity index (χ1) is 19.0. The van der Waals surface area contributed by atoms with Gasteiger partial charge in [0.05, 0.1) is 45.2 Å². The lowest BCUT2D eigenvalue weighted by atomic mass is 9.85. The van der Waals surface area contributed by atoms with Gasteiger partial charge in [-0.05, 0) is 50.1 Å². The summed E-state index contributed by atoms with van der Waals surface area (Å²) in [7, 11) is 0. The number of hydrogen-bond donors (Lipinski definition) is 3. The number of carbonyl (C=O) groups excluding carboxylic acids is 2. The Bertz CT molecular complexity index is 1900. The summed E-state index contributed by atoms with van der Waals surface area (Å²) < 4.78 is 0. The molecule has 6 aromatic rings. The van der Waals surface area contributed by atoms with E-state index in [4.69, 9.17) is 4.98 Å². The molecule has 7 rings (SSSR count). The molecule has 192 valence electrons. The third kappa shape index (κ3) is 4.18. The van der Waals surface area contributed by atoms with Gasteiger partial charge in [-0.2, -0.15) is 5.10 Å². The van der Waals surface area contributed by atoms with Gasteiger partial charge in [0.25, 0.3) is 0 Å². The maximum absolute atomic E-state index is 12.4. The van der Waals surface area contributed by atoms with Crippen molar-refractivity contribution >= 4 is 50.7 Å². The van der Waals surface area contributed by atoms with Gasteiger partial charge in [-0.3, -0.25) is 24.7 Å². The number of para-hydroxylation sites is 1. The van der Waals surface area contributed by atoms with Crippen molar-refractivity contribution in [2.24, 2.45) is 5.92 Å². The molecule has 10 heteroatoms. The van der Waals surface area contributed by atoms with Gasteiger partial charge in [0.2, 0.25) is 5.91 Å². The van der Waals surface area contributed by atoms with Crippen LogP contribution in [-0.4, -0.2) is 41.8 Å². The lowest BCUT2D eigenvalue weighted by molar-refractivity contribution is -0.122. The molecule has 1 saturated carbocycles. The van der Waals surface area contributed by atoms with E-state index in [1.807, 2.05) is 42.5 Å². The van der Waals surface area contributed by atoms with Gasteiger partial charge < -0.3 is 10.3 Å². The van der Waals surface area contributed by atoms with Crippen LogP contribution in [0.25, 0.3) is 55.2 Å². The Morgan fingerprint density at radius 3 is 2.74 bits per heavy atom. The molecule has 5 aromatic heterocycles. The first-order valence-corrected chi connectivity index (χ1v) is 13.6. The fourth-order valence-electron chi connectivity index (χ4n) is 4.83. The number of nitrogens with one attached hydrogen (secondary N) is 3. The number of H-pyrrole nitrogens is 2. The highest BCUT2D eigenvalue weighted by molar-refractivity contribution is 7.17. The Balaban J connectivity index is 1.25. The minimum Gasteiger partial charge on any atom is -0.337 e. The number of imidazole rings is 1. The van der Waals surface area contributed by atoms with Crippen LogP contribution in [0.15, 0.2) is 61.1 Å². The van der Waals surface area contributed by atoms with Crippen molar-refractivity contribution in [1.29, 1.82) is 0 Å². The standard InChI is InChI=1S/C29H23N7O2S/c1-15(37)24-8-9-25(39-24)19-6-3-7-21-26(19)34-28(33-21)27-20-11-22(31-14-23(20)35-36-27)17-10-18(13-30-12-17)32-29(38)16-4-2-5-16/h3,6-14,16H,2,4-5H2,1H3,(H,32,38)(H,33,34)(H,35,36). The van der Waals surface area contributed by atoms with Crippen LogP contribution in [0, 0.1) is 5.92 Å². The maximum atomic E-state index is 12.4. The number of benzene rings is 1. The molecule has 1 aliphatic rings. The number of Topliss-reactive ketones (excluding diaryl/α,β-unsaturated/α-hetero) is 1. The van der Waals surface area contributed by atoms with Crippen molar-refractivity contribution in [3.63, 3.8) is 0 Å². The van der Waals surface area contributed by atoms with E-state index in [1.165, 1.54) is 11.3 Å². The predicted octanol–water partition coefficient (Wildman–Crippen LogP) is 6.23. The number of pyridine rings is 2. The van der Waals surface area contributed by atoms with Gasteiger partial charge >= 0.3 is 0 Å². The Morgan fingerprint density at radius 2 is 1.95 bits per heavy atom. The molecule has 0 aliphatic heterocycles. The summed E-state index contributed by atoms with van der Waals surface area (Å²) in [6.45, 7) is 1.58. The minimum absolute atomic E-state index is 0.0463. The van der Waals surface area contributed by atoms with Crippen LogP contribution in [0.4, 0.5) is 5.69 Å². The van der Waals surface area contributed by atoms with Gasteiger partial charge in [-0.25, -0.2) is 4.98 Å². The largest absolute Gasteiger partial charge is 0.337 e.